The van der Waals surface area contributed by atoms with Gasteiger partial charge in [0.05, 0.1) is 5.92 Å². The Bertz CT molecular complexity index is 635. The molecule has 8 nitrogen and oxygen atoms in total. The quantitative estimate of drug-likeness (QED) is 0.557. The summed E-state index contributed by atoms with van der Waals surface area (Å²) < 4.78 is 5.40. The highest BCUT2D eigenvalue weighted by molar-refractivity contribution is 5.89. The van der Waals surface area contributed by atoms with E-state index in [9.17, 15) is 14.4 Å². The van der Waals surface area contributed by atoms with E-state index < -0.39 is 17.9 Å². The second kappa shape index (κ2) is 8.91. The Labute approximate surface area is 146 Å². The summed E-state index contributed by atoms with van der Waals surface area (Å²) >= 11 is 0. The fourth-order valence-corrected chi connectivity index (χ4v) is 2.62. The normalized spacial score (nSPS) is 16.8. The van der Waals surface area contributed by atoms with Crippen LogP contribution < -0.4 is 21.1 Å². The van der Waals surface area contributed by atoms with Crippen molar-refractivity contribution in [2.45, 2.75) is 26.2 Å². The molecule has 1 atom stereocenters. The number of rotatable bonds is 5. The summed E-state index contributed by atoms with van der Waals surface area (Å²) in [6, 6.07) is 5.78. The molecule has 0 radical (unpaired) electrons. The molecule has 25 heavy (non-hydrogen) atoms. The van der Waals surface area contributed by atoms with Crippen LogP contribution in [0.15, 0.2) is 24.3 Å². The van der Waals surface area contributed by atoms with Crippen LogP contribution in [0.25, 0.3) is 0 Å². The summed E-state index contributed by atoms with van der Waals surface area (Å²) in [7, 11) is 0. The van der Waals surface area contributed by atoms with Crippen LogP contribution in [0.3, 0.4) is 0 Å². The number of nitrogens with two attached hydrogens (primary N) is 1. The predicted molar refractivity (Wildman–Crippen MR) is 93.3 cm³/mol. The van der Waals surface area contributed by atoms with Crippen LogP contribution in [0.5, 0.6) is 5.75 Å². The largest absolute Gasteiger partial charge is 0.426 e. The number of esters is 1. The van der Waals surface area contributed by atoms with Gasteiger partial charge >= 0.3 is 18.0 Å². The van der Waals surface area contributed by atoms with Crippen molar-refractivity contribution in [3.8, 4) is 5.75 Å². The van der Waals surface area contributed by atoms with E-state index in [1.54, 1.807) is 24.3 Å². The van der Waals surface area contributed by atoms with Crippen molar-refractivity contribution in [3.63, 3.8) is 0 Å². The highest BCUT2D eigenvalue weighted by Gasteiger charge is 2.29. The lowest BCUT2D eigenvalue weighted by atomic mass is 9.98. The molecule has 4 amide bonds. The molecule has 2 rings (SSSR count). The van der Waals surface area contributed by atoms with Crippen LogP contribution >= 0.6 is 0 Å². The number of urea groups is 2. The van der Waals surface area contributed by atoms with E-state index >= 15 is 0 Å². The van der Waals surface area contributed by atoms with Gasteiger partial charge in [0.1, 0.15) is 5.75 Å². The van der Waals surface area contributed by atoms with E-state index in [4.69, 9.17) is 10.5 Å². The zero-order valence-corrected chi connectivity index (χ0v) is 14.3. The molecule has 0 bridgehead atoms. The average Bonchev–Trinajstić information content (AvgIpc) is 2.60. The van der Waals surface area contributed by atoms with Crippen molar-refractivity contribution < 1.29 is 19.1 Å². The molecular formula is C17H24N4O4. The van der Waals surface area contributed by atoms with Gasteiger partial charge in [-0.1, -0.05) is 13.0 Å². The molecule has 0 spiro atoms. The molecule has 4 N–H and O–H groups in total. The molecule has 1 fully saturated rings. The van der Waals surface area contributed by atoms with Gasteiger partial charge in [0.15, 0.2) is 0 Å². The van der Waals surface area contributed by atoms with Gasteiger partial charge in [0, 0.05) is 31.4 Å². The van der Waals surface area contributed by atoms with Crippen LogP contribution in [0.1, 0.15) is 26.2 Å². The monoisotopic (exact) mass is 348 g/mol. The fraction of sp³-hybridized carbons (Fsp3) is 0.471. The number of carbonyl (C=O) groups is 3. The van der Waals surface area contributed by atoms with Crippen LogP contribution in [0.2, 0.25) is 0 Å². The molecular weight excluding hydrogens is 324 g/mol. The summed E-state index contributed by atoms with van der Waals surface area (Å²) in [5.41, 5.74) is 5.80. The number of piperidine rings is 1. The first kappa shape index (κ1) is 18.6. The van der Waals surface area contributed by atoms with Crippen LogP contribution in [-0.2, 0) is 4.79 Å². The fourth-order valence-electron chi connectivity index (χ4n) is 2.62. The lowest BCUT2D eigenvalue weighted by molar-refractivity contribution is -0.140. The average molecular weight is 348 g/mol. The highest BCUT2D eigenvalue weighted by atomic mass is 16.5. The number of benzene rings is 1. The summed E-state index contributed by atoms with van der Waals surface area (Å²) in [6.07, 6.45) is 2.21. The van der Waals surface area contributed by atoms with E-state index in [1.807, 2.05) is 6.92 Å². The smallest absolute Gasteiger partial charge is 0.319 e. The maximum Gasteiger partial charge on any atom is 0.319 e. The SMILES string of the molecule is CCCNC(=O)Nc1cccc(OC(=O)C2CCCN(C(N)=O)C2)c1. The molecule has 8 heteroatoms. The first-order chi connectivity index (χ1) is 12.0. The van der Waals surface area contributed by atoms with Crippen molar-refractivity contribution in [1.29, 1.82) is 0 Å². The van der Waals surface area contributed by atoms with Gasteiger partial charge in [-0.3, -0.25) is 4.79 Å². The molecule has 1 aromatic carbocycles. The number of primary amides is 1. The molecule has 1 aliphatic rings. The second-order valence-electron chi connectivity index (χ2n) is 5.95. The number of hydrogen-bond acceptors (Lipinski definition) is 4. The number of anilines is 1. The first-order valence-electron chi connectivity index (χ1n) is 8.40. The van der Waals surface area contributed by atoms with Gasteiger partial charge in [-0.2, -0.15) is 0 Å². The summed E-state index contributed by atoms with van der Waals surface area (Å²) in [6.45, 7) is 3.38. The number of ether oxygens (including phenoxy) is 1. The zero-order valence-electron chi connectivity index (χ0n) is 14.3. The minimum absolute atomic E-state index is 0.269. The molecule has 0 aromatic heterocycles. The number of likely N-dealkylation sites (tertiary alicyclic amines) is 1. The molecule has 1 aliphatic heterocycles. The Morgan fingerprint density at radius 2 is 2.16 bits per heavy atom. The van der Waals surface area contributed by atoms with Gasteiger partial charge in [0.25, 0.3) is 0 Å². The molecule has 0 saturated carbocycles. The maximum atomic E-state index is 12.3. The van der Waals surface area contributed by atoms with Crippen molar-refractivity contribution in [3.05, 3.63) is 24.3 Å². The van der Waals surface area contributed by atoms with Crippen molar-refractivity contribution in [2.75, 3.05) is 25.0 Å². The van der Waals surface area contributed by atoms with Crippen molar-refractivity contribution >= 4 is 23.7 Å². The van der Waals surface area contributed by atoms with Crippen LogP contribution in [0, 0.1) is 5.92 Å². The summed E-state index contributed by atoms with van der Waals surface area (Å²) in [5.74, 6) is -0.459. The molecule has 1 saturated heterocycles. The Morgan fingerprint density at radius 3 is 2.88 bits per heavy atom. The lowest BCUT2D eigenvalue weighted by Gasteiger charge is -2.30. The molecule has 1 aromatic rings. The third-order valence-electron chi connectivity index (χ3n) is 3.91. The van der Waals surface area contributed by atoms with E-state index in [1.165, 1.54) is 4.90 Å². The van der Waals surface area contributed by atoms with E-state index in [0.717, 1.165) is 6.42 Å². The molecule has 136 valence electrons. The summed E-state index contributed by atoms with van der Waals surface area (Å²) in [5, 5.41) is 5.38. The van der Waals surface area contributed by atoms with Gasteiger partial charge in [0.2, 0.25) is 0 Å². The topological polar surface area (TPSA) is 114 Å². The maximum absolute atomic E-state index is 12.3. The van der Waals surface area contributed by atoms with Gasteiger partial charge < -0.3 is 26.0 Å². The van der Waals surface area contributed by atoms with E-state index in [2.05, 4.69) is 10.6 Å². The van der Waals surface area contributed by atoms with Crippen molar-refractivity contribution in [2.24, 2.45) is 11.7 Å². The number of amides is 4. The van der Waals surface area contributed by atoms with Crippen LogP contribution in [0.4, 0.5) is 15.3 Å². The zero-order chi connectivity index (χ0) is 18.2. The van der Waals surface area contributed by atoms with Gasteiger partial charge in [-0.05, 0) is 31.4 Å². The minimum Gasteiger partial charge on any atom is -0.426 e. The Kier molecular flexibility index (Phi) is 6.62. The Morgan fingerprint density at radius 1 is 1.36 bits per heavy atom. The number of carbonyl (C=O) groups excluding carboxylic acids is 3. The van der Waals surface area contributed by atoms with Crippen LogP contribution in [-0.4, -0.2) is 42.6 Å². The van der Waals surface area contributed by atoms with Crippen molar-refractivity contribution in [1.82, 2.24) is 10.2 Å². The molecule has 1 heterocycles. The molecule has 1 unspecified atom stereocenters. The summed E-state index contributed by atoms with van der Waals surface area (Å²) in [4.78, 5) is 36.7. The van der Waals surface area contributed by atoms with E-state index in [-0.39, 0.29) is 12.6 Å². The Hall–Kier alpha value is -2.77. The number of nitrogens with zero attached hydrogens (tertiary/aromatic N) is 1. The minimum atomic E-state index is -0.526. The third kappa shape index (κ3) is 5.66. The highest BCUT2D eigenvalue weighted by Crippen LogP contribution is 2.22. The Balaban J connectivity index is 1.93. The number of hydrogen-bond donors (Lipinski definition) is 3. The standard InChI is InChI=1S/C17H24N4O4/c1-2-8-19-17(24)20-13-6-3-7-14(10-13)25-15(22)12-5-4-9-21(11-12)16(18)23/h3,6-7,10,12H,2,4-5,8-9,11H2,1H3,(H2,18,23)(H2,19,20,24). The molecule has 0 aliphatic carbocycles. The lowest BCUT2D eigenvalue weighted by Crippen LogP contribution is -2.45. The first-order valence-corrected chi connectivity index (χ1v) is 8.40. The second-order valence-corrected chi connectivity index (χ2v) is 5.95. The van der Waals surface area contributed by atoms with Gasteiger partial charge in [-0.25, -0.2) is 9.59 Å². The van der Waals surface area contributed by atoms with Gasteiger partial charge in [-0.15, -0.1) is 0 Å². The number of nitrogens with one attached hydrogen (secondary N) is 2. The third-order valence-corrected chi connectivity index (χ3v) is 3.91. The predicted octanol–water partition coefficient (Wildman–Crippen LogP) is 1.91. The van der Waals surface area contributed by atoms with E-state index in [0.29, 0.717) is 37.4 Å².